The summed E-state index contributed by atoms with van der Waals surface area (Å²) in [6.45, 7) is 1.92. The third kappa shape index (κ3) is 3.91. The zero-order valence-corrected chi connectivity index (χ0v) is 17.7. The zero-order valence-electron chi connectivity index (χ0n) is 17.7. The van der Waals surface area contributed by atoms with E-state index in [0.29, 0.717) is 22.4 Å². The lowest BCUT2D eigenvalue weighted by molar-refractivity contribution is -0.137. The lowest BCUT2D eigenvalue weighted by Gasteiger charge is -2.10. The number of hydrogen-bond acceptors (Lipinski definition) is 2. The molecule has 3 aromatic carbocycles. The topological polar surface area (TPSA) is 30.2 Å². The van der Waals surface area contributed by atoms with Crippen molar-refractivity contribution in [2.24, 2.45) is 0 Å². The molecule has 0 atom stereocenters. The normalized spacial score (nSPS) is 11.8. The van der Waals surface area contributed by atoms with Crippen molar-refractivity contribution in [2.45, 2.75) is 13.1 Å². The number of halogens is 5. The third-order valence-electron chi connectivity index (χ3n) is 5.51. The average molecular weight is 465 g/mol. The van der Waals surface area contributed by atoms with E-state index in [2.05, 4.69) is 9.97 Å². The molecule has 5 rings (SSSR count). The molecule has 0 fully saturated rings. The Balaban J connectivity index is 1.76. The predicted octanol–water partition coefficient (Wildman–Crippen LogP) is 7.34. The minimum atomic E-state index is -4.48. The number of imidazole rings is 1. The van der Waals surface area contributed by atoms with Crippen molar-refractivity contribution < 1.29 is 22.0 Å². The molecule has 0 aliphatic carbocycles. The fraction of sp³-hybridized carbons (Fsp3) is 0.0769. The van der Waals surface area contributed by atoms with Gasteiger partial charge in [0.05, 0.1) is 11.3 Å². The molecular formula is C26H16F5N3. The molecule has 5 aromatic rings. The van der Waals surface area contributed by atoms with Crippen LogP contribution in [0, 0.1) is 18.6 Å². The first-order chi connectivity index (χ1) is 16.2. The summed E-state index contributed by atoms with van der Waals surface area (Å²) in [6, 6.07) is 15.6. The van der Waals surface area contributed by atoms with Crippen molar-refractivity contribution >= 4 is 5.78 Å². The van der Waals surface area contributed by atoms with Gasteiger partial charge in [0.15, 0.2) is 0 Å². The van der Waals surface area contributed by atoms with Crippen LogP contribution < -0.4 is 0 Å². The Morgan fingerprint density at radius 1 is 0.824 bits per heavy atom. The highest BCUT2D eigenvalue weighted by Gasteiger charge is 2.30. The number of rotatable bonds is 3. The number of aromatic nitrogens is 3. The Bertz CT molecular complexity index is 1520. The Kier molecular flexibility index (Phi) is 5.16. The van der Waals surface area contributed by atoms with Gasteiger partial charge in [-0.1, -0.05) is 42.0 Å². The maximum atomic E-state index is 14.7. The molecule has 0 unspecified atom stereocenters. The quantitative estimate of drug-likeness (QED) is 0.261. The van der Waals surface area contributed by atoms with E-state index < -0.39 is 23.4 Å². The number of hydrogen-bond donors (Lipinski definition) is 0. The molecule has 3 nitrogen and oxygen atoms in total. The molecule has 0 aliphatic heterocycles. The molecule has 34 heavy (non-hydrogen) atoms. The highest BCUT2D eigenvalue weighted by atomic mass is 19.4. The Hall–Kier alpha value is -4.07. The predicted molar refractivity (Wildman–Crippen MR) is 119 cm³/mol. The van der Waals surface area contributed by atoms with E-state index >= 15 is 0 Å². The van der Waals surface area contributed by atoms with E-state index in [1.54, 1.807) is 16.7 Å². The van der Waals surface area contributed by atoms with Crippen molar-refractivity contribution in [1.29, 1.82) is 0 Å². The number of nitrogens with zero attached hydrogens (tertiary/aromatic N) is 3. The van der Waals surface area contributed by atoms with Gasteiger partial charge >= 0.3 is 6.18 Å². The monoisotopic (exact) mass is 465 g/mol. The lowest BCUT2D eigenvalue weighted by Crippen LogP contribution is -2.04. The van der Waals surface area contributed by atoms with Gasteiger partial charge in [0.2, 0.25) is 5.78 Å². The second-order valence-corrected chi connectivity index (χ2v) is 7.89. The molecular weight excluding hydrogens is 449 g/mol. The Morgan fingerprint density at radius 2 is 1.59 bits per heavy atom. The van der Waals surface area contributed by atoms with Gasteiger partial charge in [-0.25, -0.2) is 18.7 Å². The van der Waals surface area contributed by atoms with E-state index in [1.165, 1.54) is 18.3 Å². The van der Waals surface area contributed by atoms with Crippen LogP contribution >= 0.6 is 0 Å². The van der Waals surface area contributed by atoms with Crippen LogP contribution in [0.4, 0.5) is 22.0 Å². The Morgan fingerprint density at radius 3 is 2.29 bits per heavy atom. The van der Waals surface area contributed by atoms with Crippen LogP contribution in [0.3, 0.4) is 0 Å². The standard InChI is InChI=1S/C26H16F5N3/c1-15-5-7-16(8-6-15)24-23(21-10-9-20(27)12-22(21)28)33-25-32-13-18(14-34(24)25)17-3-2-4-19(11-17)26(29,30)31/h2-14H,1H3. The SMILES string of the molecule is Cc1ccc(-c2c(-c3ccc(F)cc3F)nc3ncc(-c4cccc(C(F)(F)F)c4)cn23)cc1. The minimum Gasteiger partial charge on any atom is -0.282 e. The van der Waals surface area contributed by atoms with Gasteiger partial charge in [0.25, 0.3) is 0 Å². The van der Waals surface area contributed by atoms with E-state index in [-0.39, 0.29) is 17.0 Å². The first kappa shape index (κ1) is 21.8. The molecule has 2 heterocycles. The van der Waals surface area contributed by atoms with Crippen LogP contribution in [0.2, 0.25) is 0 Å². The minimum absolute atomic E-state index is 0.0862. The molecule has 0 bridgehead atoms. The summed E-state index contributed by atoms with van der Waals surface area (Å²) >= 11 is 0. The molecule has 0 spiro atoms. The van der Waals surface area contributed by atoms with Crippen molar-refractivity contribution in [3.8, 4) is 33.6 Å². The van der Waals surface area contributed by atoms with Crippen LogP contribution in [0.5, 0.6) is 0 Å². The smallest absolute Gasteiger partial charge is 0.282 e. The summed E-state index contributed by atoms with van der Waals surface area (Å²) in [7, 11) is 0. The van der Waals surface area contributed by atoms with Crippen molar-refractivity contribution in [3.63, 3.8) is 0 Å². The third-order valence-corrected chi connectivity index (χ3v) is 5.51. The number of fused-ring (bicyclic) bond motifs is 1. The molecule has 0 saturated carbocycles. The van der Waals surface area contributed by atoms with Gasteiger partial charge in [-0.2, -0.15) is 13.2 Å². The van der Waals surface area contributed by atoms with Crippen LogP contribution in [0.1, 0.15) is 11.1 Å². The summed E-state index contributed by atoms with van der Waals surface area (Å²) in [4.78, 5) is 8.79. The molecule has 0 radical (unpaired) electrons. The van der Waals surface area contributed by atoms with Gasteiger partial charge in [-0.3, -0.25) is 4.40 Å². The van der Waals surface area contributed by atoms with Crippen LogP contribution in [0.25, 0.3) is 39.4 Å². The molecule has 0 saturated heterocycles. The maximum Gasteiger partial charge on any atom is 0.416 e. The van der Waals surface area contributed by atoms with Crippen LogP contribution in [-0.2, 0) is 6.18 Å². The number of benzene rings is 3. The molecule has 2 aromatic heterocycles. The molecule has 0 N–H and O–H groups in total. The second kappa shape index (κ2) is 8.06. The largest absolute Gasteiger partial charge is 0.416 e. The van der Waals surface area contributed by atoms with Crippen LogP contribution in [0.15, 0.2) is 79.1 Å². The number of alkyl halides is 3. The molecule has 170 valence electrons. The summed E-state index contributed by atoms with van der Waals surface area (Å²) in [6.07, 6.45) is -1.45. The van der Waals surface area contributed by atoms with Crippen molar-refractivity contribution in [1.82, 2.24) is 14.4 Å². The molecule has 8 heteroatoms. The first-order valence-corrected chi connectivity index (χ1v) is 10.3. The highest BCUT2D eigenvalue weighted by molar-refractivity contribution is 5.82. The van der Waals surface area contributed by atoms with Crippen LogP contribution in [-0.4, -0.2) is 14.4 Å². The van der Waals surface area contributed by atoms with Gasteiger partial charge in [0, 0.05) is 35.2 Å². The molecule has 0 aliphatic rings. The summed E-state index contributed by atoms with van der Waals surface area (Å²) in [5, 5.41) is 0. The Labute approximate surface area is 191 Å². The summed E-state index contributed by atoms with van der Waals surface area (Å²) in [5.41, 5.74) is 2.50. The van der Waals surface area contributed by atoms with E-state index in [4.69, 9.17) is 0 Å². The number of aryl methyl sites for hydroxylation is 1. The van der Waals surface area contributed by atoms with Gasteiger partial charge < -0.3 is 0 Å². The van der Waals surface area contributed by atoms with E-state index in [0.717, 1.165) is 29.8 Å². The fourth-order valence-corrected chi connectivity index (χ4v) is 3.81. The van der Waals surface area contributed by atoms with Gasteiger partial charge in [-0.15, -0.1) is 0 Å². The van der Waals surface area contributed by atoms with E-state index in [1.807, 2.05) is 31.2 Å². The summed E-state index contributed by atoms with van der Waals surface area (Å²) < 4.78 is 69.5. The summed E-state index contributed by atoms with van der Waals surface area (Å²) in [5.74, 6) is -1.27. The zero-order chi connectivity index (χ0) is 24.0. The fourth-order valence-electron chi connectivity index (χ4n) is 3.81. The second-order valence-electron chi connectivity index (χ2n) is 7.89. The van der Waals surface area contributed by atoms with Gasteiger partial charge in [-0.05, 0) is 36.8 Å². The van der Waals surface area contributed by atoms with E-state index in [9.17, 15) is 22.0 Å². The lowest BCUT2D eigenvalue weighted by atomic mass is 10.0. The maximum absolute atomic E-state index is 14.7. The van der Waals surface area contributed by atoms with Crippen molar-refractivity contribution in [3.05, 3.63) is 102 Å². The highest BCUT2D eigenvalue weighted by Crippen LogP contribution is 2.36. The average Bonchev–Trinajstić information content (AvgIpc) is 3.17. The molecule has 0 amide bonds. The van der Waals surface area contributed by atoms with Gasteiger partial charge in [0.1, 0.15) is 17.3 Å². The first-order valence-electron chi connectivity index (χ1n) is 10.3. The van der Waals surface area contributed by atoms with Crippen molar-refractivity contribution in [2.75, 3.05) is 0 Å².